The molecular formula is C13H22N4O2S. The molecule has 1 amide bonds. The van der Waals surface area contributed by atoms with Crippen molar-refractivity contribution in [3.05, 3.63) is 4.88 Å². The van der Waals surface area contributed by atoms with Crippen molar-refractivity contribution in [2.75, 3.05) is 44.0 Å². The van der Waals surface area contributed by atoms with Gasteiger partial charge in [-0.1, -0.05) is 18.3 Å². The van der Waals surface area contributed by atoms with Crippen molar-refractivity contribution in [3.8, 4) is 0 Å². The number of ether oxygens (including phenoxy) is 1. The molecule has 1 aromatic rings. The zero-order valence-corrected chi connectivity index (χ0v) is 13.1. The molecule has 0 bridgehead atoms. The number of carbonyl (C=O) groups excluding carboxylic acids is 1. The molecule has 1 atom stereocenters. The molecule has 0 aliphatic carbocycles. The largest absolute Gasteiger partial charge is 0.382 e. The Kier molecular flexibility index (Phi) is 4.82. The lowest BCUT2D eigenvalue weighted by molar-refractivity contribution is 0.00391. The molecule has 1 unspecified atom stereocenters. The number of hydrogen-bond donors (Lipinski definition) is 1. The van der Waals surface area contributed by atoms with Gasteiger partial charge in [0.25, 0.3) is 5.91 Å². The second-order valence-corrected chi connectivity index (χ2v) is 6.03. The van der Waals surface area contributed by atoms with E-state index < -0.39 is 0 Å². The van der Waals surface area contributed by atoms with E-state index in [9.17, 15) is 4.79 Å². The normalized spacial score (nSPS) is 19.1. The van der Waals surface area contributed by atoms with Gasteiger partial charge >= 0.3 is 0 Å². The zero-order chi connectivity index (χ0) is 14.7. The van der Waals surface area contributed by atoms with Crippen molar-refractivity contribution in [1.29, 1.82) is 0 Å². The lowest BCUT2D eigenvalue weighted by Crippen LogP contribution is -2.47. The summed E-state index contributed by atoms with van der Waals surface area (Å²) in [5, 5.41) is 0.800. The predicted molar refractivity (Wildman–Crippen MR) is 81.4 cm³/mol. The van der Waals surface area contributed by atoms with E-state index in [1.165, 1.54) is 11.3 Å². The smallest absolute Gasteiger partial charge is 0.268 e. The molecular weight excluding hydrogens is 276 g/mol. The molecule has 7 heteroatoms. The number of carbonyl (C=O) groups is 1. The maximum atomic E-state index is 12.6. The van der Waals surface area contributed by atoms with Crippen molar-refractivity contribution >= 4 is 28.2 Å². The third kappa shape index (κ3) is 3.04. The summed E-state index contributed by atoms with van der Waals surface area (Å²) in [7, 11) is 1.97. The van der Waals surface area contributed by atoms with Gasteiger partial charge in [0, 0.05) is 20.1 Å². The molecule has 1 aliphatic heterocycles. The van der Waals surface area contributed by atoms with Crippen LogP contribution in [0.15, 0.2) is 0 Å². The molecule has 2 heterocycles. The van der Waals surface area contributed by atoms with E-state index in [0.29, 0.717) is 30.5 Å². The van der Waals surface area contributed by atoms with Crippen molar-refractivity contribution in [2.24, 2.45) is 0 Å². The van der Waals surface area contributed by atoms with Gasteiger partial charge in [-0.2, -0.15) is 0 Å². The van der Waals surface area contributed by atoms with Crippen LogP contribution in [0.2, 0.25) is 0 Å². The van der Waals surface area contributed by atoms with Gasteiger partial charge < -0.3 is 20.3 Å². The molecule has 0 saturated carbocycles. The quantitative estimate of drug-likeness (QED) is 0.910. The van der Waals surface area contributed by atoms with Crippen LogP contribution >= 0.6 is 11.3 Å². The Hall–Kier alpha value is -1.34. The molecule has 2 rings (SSSR count). The average Bonchev–Trinajstić information content (AvgIpc) is 2.81. The van der Waals surface area contributed by atoms with Gasteiger partial charge in [0.15, 0.2) is 5.13 Å². The van der Waals surface area contributed by atoms with Crippen molar-refractivity contribution in [3.63, 3.8) is 0 Å². The third-order valence-corrected chi connectivity index (χ3v) is 4.52. The number of amides is 1. The second-order valence-electron chi connectivity index (χ2n) is 5.05. The summed E-state index contributed by atoms with van der Waals surface area (Å²) in [6, 6.07) is 0.0783. The number of hydrogen-bond acceptors (Lipinski definition) is 6. The van der Waals surface area contributed by atoms with Crippen LogP contribution < -0.4 is 10.6 Å². The van der Waals surface area contributed by atoms with Crippen molar-refractivity contribution in [2.45, 2.75) is 26.3 Å². The number of morpholine rings is 1. The number of nitrogen functional groups attached to an aromatic ring is 1. The fraction of sp³-hybridized carbons (Fsp3) is 0.692. The van der Waals surface area contributed by atoms with Crippen LogP contribution in [0, 0.1) is 0 Å². The molecule has 0 aromatic carbocycles. The maximum absolute atomic E-state index is 12.6. The van der Waals surface area contributed by atoms with Gasteiger partial charge in [-0.05, 0) is 13.3 Å². The summed E-state index contributed by atoms with van der Waals surface area (Å²) in [6.07, 6.45) is 1.03. The average molecular weight is 298 g/mol. The van der Waals surface area contributed by atoms with Crippen LogP contribution in [0.3, 0.4) is 0 Å². The Morgan fingerprint density at radius 3 is 3.05 bits per heavy atom. The van der Waals surface area contributed by atoms with Gasteiger partial charge in [-0.3, -0.25) is 4.79 Å². The van der Waals surface area contributed by atoms with E-state index in [2.05, 4.69) is 11.9 Å². The van der Waals surface area contributed by atoms with E-state index in [1.54, 1.807) is 0 Å². The van der Waals surface area contributed by atoms with Gasteiger partial charge in [0.05, 0.1) is 19.3 Å². The summed E-state index contributed by atoms with van der Waals surface area (Å²) in [5.41, 5.74) is 5.92. The third-order valence-electron chi connectivity index (χ3n) is 3.35. The molecule has 6 nitrogen and oxygen atoms in total. The fourth-order valence-electron chi connectivity index (χ4n) is 2.23. The molecule has 1 aromatic heterocycles. The molecule has 0 spiro atoms. The Morgan fingerprint density at radius 1 is 1.65 bits per heavy atom. The molecule has 1 aliphatic rings. The summed E-state index contributed by atoms with van der Waals surface area (Å²) < 4.78 is 5.36. The number of rotatable bonds is 4. The number of thiazole rings is 1. The Balaban J connectivity index is 2.17. The van der Waals surface area contributed by atoms with E-state index >= 15 is 0 Å². The lowest BCUT2D eigenvalue weighted by Gasteiger charge is -2.32. The number of nitrogens with two attached hydrogens (primary N) is 1. The standard InChI is InChI=1S/C13H22N4O2S/c1-4-5-16(3)13-15-11(14)10(20-13)12(18)17-6-7-19-8-9(17)2/h9H,4-8,14H2,1-3H3. The first kappa shape index (κ1) is 15.1. The Bertz CT molecular complexity index is 477. The van der Waals surface area contributed by atoms with E-state index in [0.717, 1.165) is 18.1 Å². The van der Waals surface area contributed by atoms with Crippen LogP contribution in [0.1, 0.15) is 29.9 Å². The maximum Gasteiger partial charge on any atom is 0.268 e. The predicted octanol–water partition coefficient (Wildman–Crippen LogP) is 1.43. The Morgan fingerprint density at radius 2 is 2.40 bits per heavy atom. The van der Waals surface area contributed by atoms with Crippen LogP contribution in [-0.4, -0.2) is 55.2 Å². The minimum Gasteiger partial charge on any atom is -0.382 e. The minimum atomic E-state index is -0.0352. The van der Waals surface area contributed by atoms with Crippen LogP contribution in [0.5, 0.6) is 0 Å². The molecule has 0 radical (unpaired) electrons. The zero-order valence-electron chi connectivity index (χ0n) is 12.3. The second kappa shape index (κ2) is 6.41. The van der Waals surface area contributed by atoms with Crippen LogP contribution in [-0.2, 0) is 4.74 Å². The van der Waals surface area contributed by atoms with Gasteiger partial charge in [-0.25, -0.2) is 4.98 Å². The van der Waals surface area contributed by atoms with Crippen LogP contribution in [0.25, 0.3) is 0 Å². The van der Waals surface area contributed by atoms with E-state index in [4.69, 9.17) is 10.5 Å². The van der Waals surface area contributed by atoms with Gasteiger partial charge in [0.1, 0.15) is 10.7 Å². The highest BCUT2D eigenvalue weighted by Crippen LogP contribution is 2.29. The topological polar surface area (TPSA) is 71.7 Å². The highest BCUT2D eigenvalue weighted by Gasteiger charge is 2.28. The SMILES string of the molecule is CCCN(C)c1nc(N)c(C(=O)N2CCOCC2C)s1. The summed E-state index contributed by atoms with van der Waals surface area (Å²) in [4.78, 5) is 21.3. The van der Waals surface area contributed by atoms with Crippen molar-refractivity contribution < 1.29 is 9.53 Å². The number of anilines is 2. The molecule has 112 valence electrons. The minimum absolute atomic E-state index is 0.0352. The lowest BCUT2D eigenvalue weighted by atomic mass is 10.2. The highest BCUT2D eigenvalue weighted by molar-refractivity contribution is 7.18. The molecule has 1 fully saturated rings. The fourth-order valence-corrected chi connectivity index (χ4v) is 3.16. The first-order chi connectivity index (χ1) is 9.54. The highest BCUT2D eigenvalue weighted by atomic mass is 32.1. The number of nitrogens with zero attached hydrogens (tertiary/aromatic N) is 3. The monoisotopic (exact) mass is 298 g/mol. The first-order valence-corrected chi connectivity index (χ1v) is 7.72. The van der Waals surface area contributed by atoms with Gasteiger partial charge in [-0.15, -0.1) is 0 Å². The van der Waals surface area contributed by atoms with Gasteiger partial charge in [0.2, 0.25) is 0 Å². The Labute approximate surface area is 123 Å². The van der Waals surface area contributed by atoms with E-state index in [1.807, 2.05) is 23.8 Å². The number of aromatic nitrogens is 1. The first-order valence-electron chi connectivity index (χ1n) is 6.90. The molecule has 1 saturated heterocycles. The summed E-state index contributed by atoms with van der Waals surface area (Å²) >= 11 is 1.37. The molecule has 2 N–H and O–H groups in total. The van der Waals surface area contributed by atoms with Crippen molar-refractivity contribution in [1.82, 2.24) is 9.88 Å². The summed E-state index contributed by atoms with van der Waals surface area (Å²) in [5.74, 6) is 0.295. The van der Waals surface area contributed by atoms with E-state index in [-0.39, 0.29) is 11.9 Å². The van der Waals surface area contributed by atoms with Crippen LogP contribution in [0.4, 0.5) is 10.9 Å². The summed E-state index contributed by atoms with van der Waals surface area (Å²) in [6.45, 7) is 6.75. The molecule has 20 heavy (non-hydrogen) atoms.